The summed E-state index contributed by atoms with van der Waals surface area (Å²) in [6, 6.07) is 3.75. The third-order valence-corrected chi connectivity index (χ3v) is 11.0. The Bertz CT molecular complexity index is 1750. The van der Waals surface area contributed by atoms with Gasteiger partial charge in [0.2, 0.25) is 5.95 Å². The normalized spacial score (nSPS) is 21.5. The molecular formula is C27H24F5N5O4S2. The lowest BCUT2D eigenvalue weighted by molar-refractivity contribution is -0.137. The highest BCUT2D eigenvalue weighted by Crippen LogP contribution is 2.48. The van der Waals surface area contributed by atoms with Gasteiger partial charge in [-0.2, -0.15) is 22.0 Å². The Morgan fingerprint density at radius 2 is 1.93 bits per heavy atom. The number of thiophene rings is 1. The SMILES string of the molecule is O=C1c2sc(-c3nc(Nc4cc5c(cc4C4CC4)C(F)(F)CNC5)ncc3C(F)(F)F)cc2S(=O)(=O)CCN1C1COC1. The third-order valence-electron chi connectivity index (χ3n) is 8.07. The van der Waals surface area contributed by atoms with Crippen molar-refractivity contribution >= 4 is 38.7 Å². The van der Waals surface area contributed by atoms with Gasteiger partial charge in [-0.05, 0) is 48.1 Å². The van der Waals surface area contributed by atoms with Crippen LogP contribution in [0.3, 0.4) is 0 Å². The Hall–Kier alpha value is -3.21. The van der Waals surface area contributed by atoms with Gasteiger partial charge >= 0.3 is 6.18 Å². The lowest BCUT2D eigenvalue weighted by atomic mass is 9.92. The quantitative estimate of drug-likeness (QED) is 0.387. The van der Waals surface area contributed by atoms with Gasteiger partial charge in [0, 0.05) is 30.5 Å². The summed E-state index contributed by atoms with van der Waals surface area (Å²) in [5.41, 5.74) is -0.526. The largest absolute Gasteiger partial charge is 0.420 e. The minimum absolute atomic E-state index is 0.0144. The van der Waals surface area contributed by atoms with Crippen molar-refractivity contribution < 1.29 is 39.9 Å². The van der Waals surface area contributed by atoms with E-state index in [4.69, 9.17) is 4.74 Å². The van der Waals surface area contributed by atoms with Crippen molar-refractivity contribution in [2.75, 3.05) is 37.4 Å². The highest BCUT2D eigenvalue weighted by molar-refractivity contribution is 7.91. The van der Waals surface area contributed by atoms with Crippen LogP contribution in [-0.2, 0) is 33.2 Å². The van der Waals surface area contributed by atoms with Crippen molar-refractivity contribution in [3.05, 3.63) is 51.5 Å². The number of nitrogens with one attached hydrogen (secondary N) is 2. The van der Waals surface area contributed by atoms with Crippen molar-refractivity contribution in [3.8, 4) is 10.6 Å². The lowest BCUT2D eigenvalue weighted by Gasteiger charge is -2.36. The van der Waals surface area contributed by atoms with Crippen molar-refractivity contribution in [3.63, 3.8) is 0 Å². The number of benzene rings is 1. The van der Waals surface area contributed by atoms with Gasteiger partial charge in [0.15, 0.2) is 9.84 Å². The maximum Gasteiger partial charge on any atom is 0.420 e. The summed E-state index contributed by atoms with van der Waals surface area (Å²) in [5, 5.41) is 5.61. The summed E-state index contributed by atoms with van der Waals surface area (Å²) in [5.74, 6) is -4.25. The number of hydrogen-bond donors (Lipinski definition) is 2. The summed E-state index contributed by atoms with van der Waals surface area (Å²) >= 11 is 0.629. The predicted molar refractivity (Wildman–Crippen MR) is 145 cm³/mol. The molecule has 228 valence electrons. The van der Waals surface area contributed by atoms with E-state index in [1.54, 1.807) is 6.07 Å². The van der Waals surface area contributed by atoms with Crippen LogP contribution in [0.2, 0.25) is 0 Å². The van der Waals surface area contributed by atoms with E-state index < -0.39 is 45.6 Å². The number of alkyl halides is 5. The molecule has 2 aromatic heterocycles. The molecule has 43 heavy (non-hydrogen) atoms. The fourth-order valence-electron chi connectivity index (χ4n) is 5.58. The van der Waals surface area contributed by atoms with Crippen LogP contribution in [0, 0.1) is 0 Å². The molecule has 3 aliphatic heterocycles. The fraction of sp³-hybridized carbons (Fsp3) is 0.444. The summed E-state index contributed by atoms with van der Waals surface area (Å²) in [6.07, 6.45) is -2.74. The Labute approximate surface area is 246 Å². The van der Waals surface area contributed by atoms with Gasteiger partial charge in [0.1, 0.15) is 10.4 Å². The first kappa shape index (κ1) is 28.6. The van der Waals surface area contributed by atoms with Crippen LogP contribution in [0.4, 0.5) is 33.6 Å². The molecule has 0 unspecified atom stereocenters. The van der Waals surface area contributed by atoms with Crippen LogP contribution in [-0.4, -0.2) is 67.3 Å². The van der Waals surface area contributed by atoms with Crippen LogP contribution in [0.1, 0.15) is 50.7 Å². The van der Waals surface area contributed by atoms with E-state index in [9.17, 15) is 35.2 Å². The first-order valence-electron chi connectivity index (χ1n) is 13.5. The van der Waals surface area contributed by atoms with E-state index in [0.717, 1.165) is 18.9 Å². The molecule has 4 aliphatic rings. The van der Waals surface area contributed by atoms with E-state index in [-0.39, 0.29) is 70.2 Å². The second-order valence-electron chi connectivity index (χ2n) is 11.1. The second-order valence-corrected chi connectivity index (χ2v) is 14.2. The zero-order valence-corrected chi connectivity index (χ0v) is 23.9. The molecule has 5 heterocycles. The van der Waals surface area contributed by atoms with E-state index in [1.165, 1.54) is 11.0 Å². The Balaban J connectivity index is 1.31. The van der Waals surface area contributed by atoms with E-state index >= 15 is 0 Å². The standard InChI is InChI=1S/C27H24F5N5O4S2/c28-26(29)12-33-8-14-5-19(16(6-17(14)26)13-1-2-13)35-25-34-9-18(27(30,31)32)22(36-25)20-7-21-23(42-20)24(38)37(15-10-41-11-15)3-4-43(21,39)40/h5-7,9,13,15,33H,1-4,8,10-12H2,(H,34,35,36). The minimum atomic E-state index is -4.89. The number of amides is 1. The molecular weight excluding hydrogens is 617 g/mol. The molecule has 0 radical (unpaired) electrons. The smallest absolute Gasteiger partial charge is 0.377 e. The van der Waals surface area contributed by atoms with Crippen LogP contribution in [0.25, 0.3) is 10.6 Å². The molecule has 7 rings (SSSR count). The first-order chi connectivity index (χ1) is 20.3. The molecule has 1 amide bonds. The number of carbonyl (C=O) groups excluding carboxylic acids is 1. The number of rotatable bonds is 5. The van der Waals surface area contributed by atoms with Gasteiger partial charge in [-0.3, -0.25) is 4.79 Å². The molecule has 16 heteroatoms. The van der Waals surface area contributed by atoms with Crippen molar-refractivity contribution in [2.45, 2.75) is 48.3 Å². The number of sulfone groups is 1. The monoisotopic (exact) mass is 641 g/mol. The minimum Gasteiger partial charge on any atom is -0.377 e. The van der Waals surface area contributed by atoms with Gasteiger partial charge in [-0.15, -0.1) is 11.3 Å². The van der Waals surface area contributed by atoms with E-state index in [2.05, 4.69) is 20.6 Å². The number of nitrogens with zero attached hydrogens (tertiary/aromatic N) is 3. The average molecular weight is 642 g/mol. The zero-order valence-electron chi connectivity index (χ0n) is 22.3. The van der Waals surface area contributed by atoms with E-state index in [1.807, 2.05) is 0 Å². The Morgan fingerprint density at radius 3 is 2.60 bits per heavy atom. The number of halogens is 5. The lowest BCUT2D eigenvalue weighted by Crippen LogP contribution is -2.52. The van der Waals surface area contributed by atoms with Gasteiger partial charge in [0.25, 0.3) is 11.8 Å². The van der Waals surface area contributed by atoms with Crippen LogP contribution in [0.5, 0.6) is 0 Å². The predicted octanol–water partition coefficient (Wildman–Crippen LogP) is 4.67. The summed E-state index contributed by atoms with van der Waals surface area (Å²) in [7, 11) is -3.98. The van der Waals surface area contributed by atoms with Crippen molar-refractivity contribution in [1.82, 2.24) is 20.2 Å². The number of carbonyl (C=O) groups is 1. The molecule has 0 bridgehead atoms. The second kappa shape index (κ2) is 9.90. The summed E-state index contributed by atoms with van der Waals surface area (Å²) < 4.78 is 103. The summed E-state index contributed by atoms with van der Waals surface area (Å²) in [6.45, 7) is 0.150. The molecule has 2 N–H and O–H groups in total. The highest BCUT2D eigenvalue weighted by Gasteiger charge is 2.42. The molecule has 2 fully saturated rings. The van der Waals surface area contributed by atoms with Gasteiger partial charge < -0.3 is 20.3 Å². The number of ether oxygens (including phenoxy) is 1. The molecule has 1 aromatic carbocycles. The topological polar surface area (TPSA) is 114 Å². The Kier molecular flexibility index (Phi) is 6.58. The molecule has 1 aliphatic carbocycles. The van der Waals surface area contributed by atoms with Gasteiger partial charge in [-0.1, -0.05) is 0 Å². The average Bonchev–Trinajstić information content (AvgIpc) is 3.65. The zero-order chi connectivity index (χ0) is 30.3. The molecule has 1 saturated heterocycles. The van der Waals surface area contributed by atoms with Crippen LogP contribution >= 0.6 is 11.3 Å². The summed E-state index contributed by atoms with van der Waals surface area (Å²) in [4.78, 5) is 22.1. The van der Waals surface area contributed by atoms with Crippen LogP contribution in [0.15, 0.2) is 29.3 Å². The van der Waals surface area contributed by atoms with Gasteiger partial charge in [-0.25, -0.2) is 18.4 Å². The first-order valence-corrected chi connectivity index (χ1v) is 16.0. The molecule has 0 atom stereocenters. The van der Waals surface area contributed by atoms with Crippen molar-refractivity contribution in [2.24, 2.45) is 0 Å². The Morgan fingerprint density at radius 1 is 1.16 bits per heavy atom. The number of hydrogen-bond acceptors (Lipinski definition) is 9. The number of fused-ring (bicyclic) bond motifs is 2. The number of aromatic nitrogens is 2. The molecule has 0 spiro atoms. The number of anilines is 2. The maximum atomic E-state index is 14.6. The van der Waals surface area contributed by atoms with Crippen molar-refractivity contribution in [1.29, 1.82) is 0 Å². The maximum absolute atomic E-state index is 14.6. The molecule has 1 saturated carbocycles. The fourth-order valence-corrected chi connectivity index (χ4v) is 8.50. The third kappa shape index (κ3) is 5.07. The van der Waals surface area contributed by atoms with Crippen LogP contribution < -0.4 is 10.6 Å². The molecule has 9 nitrogen and oxygen atoms in total. The highest BCUT2D eigenvalue weighted by atomic mass is 32.2. The van der Waals surface area contributed by atoms with Gasteiger partial charge in [0.05, 0.1) is 47.0 Å². The molecule has 3 aromatic rings. The van der Waals surface area contributed by atoms with E-state index in [0.29, 0.717) is 34.3 Å².